The quantitative estimate of drug-likeness (QED) is 0.785. The Morgan fingerprint density at radius 2 is 1.62 bits per heavy atom. The molecule has 3 heteroatoms. The van der Waals surface area contributed by atoms with E-state index < -0.39 is 0 Å². The lowest BCUT2D eigenvalue weighted by molar-refractivity contribution is -0.168. The van der Waals surface area contributed by atoms with Crippen LogP contribution in [0.3, 0.4) is 0 Å². The van der Waals surface area contributed by atoms with Crippen molar-refractivity contribution in [3.05, 3.63) is 0 Å². The van der Waals surface area contributed by atoms with E-state index in [9.17, 15) is 4.79 Å². The molecule has 0 aromatic heterocycles. The van der Waals surface area contributed by atoms with Crippen molar-refractivity contribution in [2.24, 2.45) is 23.5 Å². The second-order valence-corrected chi connectivity index (χ2v) is 6.13. The van der Waals surface area contributed by atoms with Crippen LogP contribution in [-0.4, -0.2) is 24.5 Å². The molecule has 90 valence electrons. The van der Waals surface area contributed by atoms with Crippen LogP contribution < -0.4 is 5.73 Å². The first-order valence-electron chi connectivity index (χ1n) is 6.55. The van der Waals surface area contributed by atoms with Crippen molar-refractivity contribution >= 4 is 5.78 Å². The molecule has 4 bridgehead atoms. The molecule has 2 N–H and O–H groups in total. The Bertz CT molecular complexity index is 265. The molecule has 0 radical (unpaired) electrons. The van der Waals surface area contributed by atoms with Crippen LogP contribution in [0.15, 0.2) is 0 Å². The van der Waals surface area contributed by atoms with Crippen LogP contribution >= 0.6 is 0 Å². The number of nitrogens with two attached hydrogens (primary N) is 1. The number of carbonyl (C=O) groups is 1. The monoisotopic (exact) mass is 223 g/mol. The molecule has 4 aliphatic carbocycles. The van der Waals surface area contributed by atoms with Crippen LogP contribution in [0.4, 0.5) is 0 Å². The largest absolute Gasteiger partial charge is 0.367 e. The van der Waals surface area contributed by atoms with Crippen molar-refractivity contribution in [2.45, 2.75) is 44.1 Å². The number of ether oxygens (including phenoxy) is 1. The normalized spacial score (nSPS) is 44.9. The van der Waals surface area contributed by atoms with Crippen LogP contribution in [0.2, 0.25) is 0 Å². The molecule has 0 aromatic carbocycles. The Balaban J connectivity index is 1.67. The molecule has 0 aliphatic heterocycles. The second kappa shape index (κ2) is 3.81. The first-order chi connectivity index (χ1) is 7.69. The topological polar surface area (TPSA) is 52.3 Å². The maximum Gasteiger partial charge on any atom is 0.171 e. The first kappa shape index (κ1) is 10.7. The van der Waals surface area contributed by atoms with Crippen LogP contribution in [0.5, 0.6) is 0 Å². The second-order valence-electron chi connectivity index (χ2n) is 6.13. The lowest BCUT2D eigenvalue weighted by Gasteiger charge is -2.56. The summed E-state index contributed by atoms with van der Waals surface area (Å²) in [6.45, 7) is 0.356. The molecule has 4 aliphatic rings. The minimum Gasteiger partial charge on any atom is -0.367 e. The van der Waals surface area contributed by atoms with Gasteiger partial charge in [-0.25, -0.2) is 0 Å². The maximum absolute atomic E-state index is 11.3. The summed E-state index contributed by atoms with van der Waals surface area (Å²) in [6, 6.07) is 0. The SMILES string of the molecule is NCC(=O)COC12CC3CC(CC(C3)C1)C2. The fraction of sp³-hybridized carbons (Fsp3) is 0.923. The third-order valence-corrected chi connectivity index (χ3v) is 4.75. The zero-order valence-electron chi connectivity index (χ0n) is 9.78. The Kier molecular flexibility index (Phi) is 2.55. The molecule has 0 atom stereocenters. The number of Topliss-reactive ketones (excluding diaryl/α,β-unsaturated/α-hetero) is 1. The van der Waals surface area contributed by atoms with E-state index in [1.807, 2.05) is 0 Å². The van der Waals surface area contributed by atoms with Gasteiger partial charge in [-0.1, -0.05) is 0 Å². The molecule has 0 aromatic rings. The van der Waals surface area contributed by atoms with E-state index >= 15 is 0 Å². The van der Waals surface area contributed by atoms with Crippen molar-refractivity contribution in [3.63, 3.8) is 0 Å². The molecule has 4 rings (SSSR count). The van der Waals surface area contributed by atoms with E-state index in [2.05, 4.69) is 0 Å². The summed E-state index contributed by atoms with van der Waals surface area (Å²) in [5, 5.41) is 0. The zero-order chi connectivity index (χ0) is 11.2. The first-order valence-corrected chi connectivity index (χ1v) is 6.55. The molecule has 0 heterocycles. The molecule has 4 saturated carbocycles. The fourth-order valence-corrected chi connectivity index (χ4v) is 4.50. The summed E-state index contributed by atoms with van der Waals surface area (Å²) in [7, 11) is 0. The van der Waals surface area contributed by atoms with E-state index in [1.165, 1.54) is 38.5 Å². The molecule has 4 fully saturated rings. The Morgan fingerprint density at radius 1 is 1.12 bits per heavy atom. The molecule has 0 amide bonds. The third-order valence-electron chi connectivity index (χ3n) is 4.75. The predicted molar refractivity (Wildman–Crippen MR) is 60.9 cm³/mol. The van der Waals surface area contributed by atoms with Crippen molar-refractivity contribution in [3.8, 4) is 0 Å². The summed E-state index contributed by atoms with van der Waals surface area (Å²) in [6.07, 6.45) is 7.80. The van der Waals surface area contributed by atoms with Crippen molar-refractivity contribution < 1.29 is 9.53 Å². The van der Waals surface area contributed by atoms with E-state index in [0.717, 1.165) is 17.8 Å². The van der Waals surface area contributed by atoms with Gasteiger partial charge in [-0.2, -0.15) is 0 Å². The van der Waals surface area contributed by atoms with Crippen LogP contribution in [0, 0.1) is 17.8 Å². The summed E-state index contributed by atoms with van der Waals surface area (Å²) < 4.78 is 5.97. The summed E-state index contributed by atoms with van der Waals surface area (Å²) in [5.74, 6) is 2.66. The number of hydrogen-bond acceptors (Lipinski definition) is 3. The lowest BCUT2D eigenvalue weighted by Crippen LogP contribution is -2.52. The fourth-order valence-electron chi connectivity index (χ4n) is 4.50. The van der Waals surface area contributed by atoms with Gasteiger partial charge in [0.1, 0.15) is 6.61 Å². The highest BCUT2D eigenvalue weighted by molar-refractivity contribution is 5.81. The third kappa shape index (κ3) is 1.80. The highest BCUT2D eigenvalue weighted by Gasteiger charge is 2.51. The average Bonchev–Trinajstić information content (AvgIpc) is 2.24. The molecule has 3 nitrogen and oxygen atoms in total. The van der Waals surface area contributed by atoms with Crippen molar-refractivity contribution in [1.29, 1.82) is 0 Å². The van der Waals surface area contributed by atoms with Crippen molar-refractivity contribution in [2.75, 3.05) is 13.2 Å². The smallest absolute Gasteiger partial charge is 0.171 e. The minimum absolute atomic E-state index is 0.0377. The zero-order valence-corrected chi connectivity index (χ0v) is 9.78. The van der Waals surface area contributed by atoms with Gasteiger partial charge in [0.05, 0.1) is 12.1 Å². The number of carbonyl (C=O) groups excluding carboxylic acids is 1. The van der Waals surface area contributed by atoms with Gasteiger partial charge in [0.15, 0.2) is 5.78 Å². The van der Waals surface area contributed by atoms with Gasteiger partial charge in [-0.15, -0.1) is 0 Å². The molecular formula is C13H21NO2. The van der Waals surface area contributed by atoms with E-state index in [0.29, 0.717) is 0 Å². The molecule has 0 saturated heterocycles. The minimum atomic E-state index is 0.0377. The molecule has 0 unspecified atom stereocenters. The maximum atomic E-state index is 11.3. The highest BCUT2D eigenvalue weighted by Crippen LogP contribution is 2.57. The summed E-state index contributed by atoms with van der Waals surface area (Å²) in [4.78, 5) is 11.3. The lowest BCUT2D eigenvalue weighted by atomic mass is 9.54. The van der Waals surface area contributed by atoms with Gasteiger partial charge < -0.3 is 10.5 Å². The van der Waals surface area contributed by atoms with Gasteiger partial charge in [-0.05, 0) is 56.3 Å². The number of hydrogen-bond donors (Lipinski definition) is 1. The summed E-state index contributed by atoms with van der Waals surface area (Å²) in [5.41, 5.74) is 5.38. The summed E-state index contributed by atoms with van der Waals surface area (Å²) >= 11 is 0. The Hall–Kier alpha value is -0.410. The predicted octanol–water partition coefficient (Wildman–Crippen LogP) is 1.50. The number of rotatable bonds is 4. The van der Waals surface area contributed by atoms with Gasteiger partial charge >= 0.3 is 0 Å². The number of ketones is 1. The Labute approximate surface area is 96.7 Å². The van der Waals surface area contributed by atoms with E-state index in [1.54, 1.807) is 0 Å². The van der Waals surface area contributed by atoms with Gasteiger partial charge in [0.2, 0.25) is 0 Å². The Morgan fingerprint density at radius 3 is 2.06 bits per heavy atom. The van der Waals surface area contributed by atoms with Gasteiger partial charge in [0, 0.05) is 0 Å². The highest BCUT2D eigenvalue weighted by atomic mass is 16.5. The van der Waals surface area contributed by atoms with Crippen LogP contribution in [0.1, 0.15) is 38.5 Å². The van der Waals surface area contributed by atoms with Crippen LogP contribution in [-0.2, 0) is 9.53 Å². The van der Waals surface area contributed by atoms with Gasteiger partial charge in [-0.3, -0.25) is 4.79 Å². The van der Waals surface area contributed by atoms with Gasteiger partial charge in [0.25, 0.3) is 0 Å². The van der Waals surface area contributed by atoms with Crippen molar-refractivity contribution in [1.82, 2.24) is 0 Å². The standard InChI is InChI=1S/C13H21NO2/c14-7-12(15)8-16-13-4-9-1-10(5-13)3-11(2-9)6-13/h9-11H,1-8,14H2. The molecule has 16 heavy (non-hydrogen) atoms. The molecular weight excluding hydrogens is 202 g/mol. The molecule has 0 spiro atoms. The van der Waals surface area contributed by atoms with E-state index in [4.69, 9.17) is 10.5 Å². The van der Waals surface area contributed by atoms with E-state index in [-0.39, 0.29) is 24.5 Å². The van der Waals surface area contributed by atoms with Crippen LogP contribution in [0.25, 0.3) is 0 Å². The average molecular weight is 223 g/mol.